The standard InChI is InChI=1S/C19H30N4O4/c1-5-8-21-18(24)22-12-15-14-11-17(27-4)16(26-3)10-13(14)7-9-23(15)19(25)20-6-2/h10-11,15H,5-9,12H2,1-4H3,(H,20,25)(H2,21,22,24)/t15-/m0/s1. The number of amides is 4. The van der Waals surface area contributed by atoms with Crippen LogP contribution in [-0.4, -0.2) is 57.4 Å². The Morgan fingerprint density at radius 3 is 2.44 bits per heavy atom. The molecule has 0 saturated carbocycles. The van der Waals surface area contributed by atoms with Gasteiger partial charge in [-0.15, -0.1) is 0 Å². The first-order valence-electron chi connectivity index (χ1n) is 9.36. The van der Waals surface area contributed by atoms with Gasteiger partial charge in [-0.1, -0.05) is 6.92 Å². The topological polar surface area (TPSA) is 91.9 Å². The monoisotopic (exact) mass is 378 g/mol. The molecule has 2 rings (SSSR count). The molecular formula is C19H30N4O4. The molecule has 8 nitrogen and oxygen atoms in total. The molecule has 0 spiro atoms. The first-order chi connectivity index (χ1) is 13.0. The van der Waals surface area contributed by atoms with E-state index >= 15 is 0 Å². The number of methoxy groups -OCH3 is 2. The molecule has 1 aliphatic heterocycles. The maximum atomic E-state index is 12.5. The molecule has 0 aliphatic carbocycles. The second kappa shape index (κ2) is 9.89. The predicted octanol–water partition coefficient (Wildman–Crippen LogP) is 2.04. The van der Waals surface area contributed by atoms with E-state index in [0.29, 0.717) is 44.1 Å². The molecule has 0 saturated heterocycles. The van der Waals surface area contributed by atoms with Crippen LogP contribution < -0.4 is 25.4 Å². The Morgan fingerprint density at radius 2 is 1.81 bits per heavy atom. The van der Waals surface area contributed by atoms with Gasteiger partial charge in [0.2, 0.25) is 0 Å². The van der Waals surface area contributed by atoms with Crippen LogP contribution in [0.2, 0.25) is 0 Å². The van der Waals surface area contributed by atoms with Crippen LogP contribution >= 0.6 is 0 Å². The lowest BCUT2D eigenvalue weighted by atomic mass is 9.92. The third kappa shape index (κ3) is 4.96. The van der Waals surface area contributed by atoms with E-state index in [4.69, 9.17) is 9.47 Å². The molecule has 1 heterocycles. The molecular weight excluding hydrogens is 348 g/mol. The van der Waals surface area contributed by atoms with Gasteiger partial charge in [0.05, 0.1) is 20.3 Å². The van der Waals surface area contributed by atoms with Gasteiger partial charge in [-0.3, -0.25) is 0 Å². The van der Waals surface area contributed by atoms with Gasteiger partial charge in [0.25, 0.3) is 0 Å². The van der Waals surface area contributed by atoms with Crippen molar-refractivity contribution in [3.05, 3.63) is 23.3 Å². The number of benzene rings is 1. The first kappa shape index (κ1) is 20.7. The zero-order valence-electron chi connectivity index (χ0n) is 16.6. The Kier molecular flexibility index (Phi) is 7.57. The minimum atomic E-state index is -0.285. The molecule has 1 aromatic rings. The number of nitrogens with one attached hydrogen (secondary N) is 3. The van der Waals surface area contributed by atoms with Gasteiger partial charge in [-0.05, 0) is 43.0 Å². The van der Waals surface area contributed by atoms with Crippen molar-refractivity contribution in [2.75, 3.05) is 40.4 Å². The van der Waals surface area contributed by atoms with Crippen molar-refractivity contribution in [3.63, 3.8) is 0 Å². The number of ether oxygens (including phenoxy) is 2. The van der Waals surface area contributed by atoms with E-state index < -0.39 is 0 Å². The normalized spacial score (nSPS) is 15.6. The Labute approximate surface area is 160 Å². The van der Waals surface area contributed by atoms with Crippen LogP contribution in [0.15, 0.2) is 12.1 Å². The Bertz CT molecular complexity index is 665. The van der Waals surface area contributed by atoms with Crippen molar-refractivity contribution >= 4 is 12.1 Å². The maximum Gasteiger partial charge on any atom is 0.317 e. The van der Waals surface area contributed by atoms with Crippen molar-refractivity contribution in [2.45, 2.75) is 32.7 Å². The van der Waals surface area contributed by atoms with Gasteiger partial charge in [0, 0.05) is 26.2 Å². The summed E-state index contributed by atoms with van der Waals surface area (Å²) in [5.74, 6) is 1.27. The number of carbonyl (C=O) groups excluding carboxylic acids is 2. The number of nitrogens with zero attached hydrogens (tertiary/aromatic N) is 1. The summed E-state index contributed by atoms with van der Waals surface area (Å²) in [7, 11) is 3.19. The number of carbonyl (C=O) groups is 2. The van der Waals surface area contributed by atoms with Gasteiger partial charge in [0.15, 0.2) is 11.5 Å². The summed E-state index contributed by atoms with van der Waals surface area (Å²) in [6.45, 7) is 5.92. The second-order valence-corrected chi connectivity index (χ2v) is 6.34. The van der Waals surface area contributed by atoms with Crippen LogP contribution in [0, 0.1) is 0 Å². The zero-order chi connectivity index (χ0) is 19.8. The molecule has 3 N–H and O–H groups in total. The smallest absolute Gasteiger partial charge is 0.317 e. The summed E-state index contributed by atoms with van der Waals surface area (Å²) in [5.41, 5.74) is 2.05. The number of urea groups is 2. The van der Waals surface area contributed by atoms with Gasteiger partial charge in [0.1, 0.15) is 0 Å². The highest BCUT2D eigenvalue weighted by atomic mass is 16.5. The van der Waals surface area contributed by atoms with Crippen LogP contribution in [-0.2, 0) is 6.42 Å². The fraction of sp³-hybridized carbons (Fsp3) is 0.579. The highest BCUT2D eigenvalue weighted by molar-refractivity contribution is 5.76. The lowest BCUT2D eigenvalue weighted by Gasteiger charge is -2.37. The van der Waals surface area contributed by atoms with E-state index in [0.717, 1.165) is 17.5 Å². The van der Waals surface area contributed by atoms with Crippen molar-refractivity contribution in [1.29, 1.82) is 0 Å². The highest BCUT2D eigenvalue weighted by Gasteiger charge is 2.32. The summed E-state index contributed by atoms with van der Waals surface area (Å²) < 4.78 is 10.8. The van der Waals surface area contributed by atoms with E-state index in [9.17, 15) is 9.59 Å². The van der Waals surface area contributed by atoms with Gasteiger partial charge in [-0.25, -0.2) is 9.59 Å². The molecule has 0 fully saturated rings. The lowest BCUT2D eigenvalue weighted by molar-refractivity contribution is 0.167. The molecule has 0 radical (unpaired) electrons. The van der Waals surface area contributed by atoms with E-state index in [1.807, 2.05) is 26.0 Å². The second-order valence-electron chi connectivity index (χ2n) is 6.34. The fourth-order valence-corrected chi connectivity index (χ4v) is 3.23. The Morgan fingerprint density at radius 1 is 1.11 bits per heavy atom. The molecule has 1 aromatic carbocycles. The summed E-state index contributed by atoms with van der Waals surface area (Å²) >= 11 is 0. The lowest BCUT2D eigenvalue weighted by Crippen LogP contribution is -2.50. The minimum absolute atomic E-state index is 0.140. The molecule has 1 atom stereocenters. The summed E-state index contributed by atoms with van der Waals surface area (Å²) in [6.07, 6.45) is 1.58. The van der Waals surface area contributed by atoms with E-state index in [1.165, 1.54) is 0 Å². The number of rotatable bonds is 7. The van der Waals surface area contributed by atoms with E-state index in [1.54, 1.807) is 19.1 Å². The van der Waals surface area contributed by atoms with Crippen LogP contribution in [0.25, 0.3) is 0 Å². The van der Waals surface area contributed by atoms with Crippen LogP contribution in [0.1, 0.15) is 37.4 Å². The quantitative estimate of drug-likeness (QED) is 0.677. The van der Waals surface area contributed by atoms with Crippen LogP contribution in [0.3, 0.4) is 0 Å². The molecule has 0 aromatic heterocycles. The van der Waals surface area contributed by atoms with Gasteiger partial charge >= 0.3 is 12.1 Å². The van der Waals surface area contributed by atoms with E-state index in [2.05, 4.69) is 16.0 Å². The highest BCUT2D eigenvalue weighted by Crippen LogP contribution is 2.37. The van der Waals surface area contributed by atoms with Crippen LogP contribution in [0.4, 0.5) is 9.59 Å². The minimum Gasteiger partial charge on any atom is -0.493 e. The van der Waals surface area contributed by atoms with Crippen molar-refractivity contribution in [1.82, 2.24) is 20.9 Å². The summed E-state index contributed by atoms with van der Waals surface area (Å²) in [6, 6.07) is 3.19. The largest absolute Gasteiger partial charge is 0.493 e. The average Bonchev–Trinajstić information content (AvgIpc) is 2.69. The van der Waals surface area contributed by atoms with Crippen molar-refractivity contribution in [3.8, 4) is 11.5 Å². The van der Waals surface area contributed by atoms with Gasteiger partial charge in [-0.2, -0.15) is 0 Å². The molecule has 0 unspecified atom stereocenters. The molecule has 0 bridgehead atoms. The van der Waals surface area contributed by atoms with Crippen molar-refractivity contribution in [2.24, 2.45) is 0 Å². The van der Waals surface area contributed by atoms with E-state index in [-0.39, 0.29) is 18.1 Å². The predicted molar refractivity (Wildman–Crippen MR) is 103 cm³/mol. The fourth-order valence-electron chi connectivity index (χ4n) is 3.23. The summed E-state index contributed by atoms with van der Waals surface area (Å²) in [4.78, 5) is 26.3. The van der Waals surface area contributed by atoms with Crippen LogP contribution in [0.5, 0.6) is 11.5 Å². The maximum absolute atomic E-state index is 12.5. The SMILES string of the molecule is CCCNC(=O)NC[C@H]1c2cc(OC)c(OC)cc2CCN1C(=O)NCC. The molecule has 8 heteroatoms. The molecule has 1 aliphatic rings. The summed E-state index contributed by atoms with van der Waals surface area (Å²) in [5, 5.41) is 8.52. The van der Waals surface area contributed by atoms with Gasteiger partial charge < -0.3 is 30.3 Å². The Hall–Kier alpha value is -2.64. The third-order valence-electron chi connectivity index (χ3n) is 4.58. The third-order valence-corrected chi connectivity index (χ3v) is 4.58. The number of hydrogen-bond acceptors (Lipinski definition) is 4. The number of fused-ring (bicyclic) bond motifs is 1. The zero-order valence-corrected chi connectivity index (χ0v) is 16.6. The average molecular weight is 378 g/mol. The Balaban J connectivity index is 2.30. The molecule has 150 valence electrons. The van der Waals surface area contributed by atoms with Crippen molar-refractivity contribution < 1.29 is 19.1 Å². The first-order valence-corrected chi connectivity index (χ1v) is 9.36. The molecule has 4 amide bonds. The molecule has 27 heavy (non-hydrogen) atoms. The number of hydrogen-bond donors (Lipinski definition) is 3.